The van der Waals surface area contributed by atoms with E-state index in [1.807, 2.05) is 13.8 Å². The van der Waals surface area contributed by atoms with Crippen LogP contribution < -0.4 is 5.73 Å². The first-order valence-corrected chi connectivity index (χ1v) is 5.80. The van der Waals surface area contributed by atoms with Gasteiger partial charge in [0.05, 0.1) is 6.34 Å². The van der Waals surface area contributed by atoms with Crippen molar-refractivity contribution in [2.24, 2.45) is 16.6 Å². The molecule has 86 valence electrons. The summed E-state index contributed by atoms with van der Waals surface area (Å²) in [7, 11) is 0. The number of hydrogen-bond acceptors (Lipinski definition) is 1. The van der Waals surface area contributed by atoms with Crippen molar-refractivity contribution >= 4 is 6.34 Å². The quantitative estimate of drug-likeness (QED) is 0.429. The number of hydrogen-bond donors (Lipinski definition) is 1. The minimum atomic E-state index is 0.722. The highest BCUT2D eigenvalue weighted by atomic mass is 14.8. The first kappa shape index (κ1) is 13.9. The molecule has 0 radical (unpaired) electrons. The van der Waals surface area contributed by atoms with E-state index < -0.39 is 0 Å². The molecule has 1 atom stereocenters. The second kappa shape index (κ2) is 8.27. The summed E-state index contributed by atoms with van der Waals surface area (Å²) in [6, 6.07) is 0. The fourth-order valence-corrected chi connectivity index (χ4v) is 1.70. The van der Waals surface area contributed by atoms with Gasteiger partial charge in [-0.25, -0.2) is 4.99 Å². The highest BCUT2D eigenvalue weighted by molar-refractivity contribution is 5.53. The maximum atomic E-state index is 5.19. The second-order valence-corrected chi connectivity index (χ2v) is 3.74. The summed E-state index contributed by atoms with van der Waals surface area (Å²) in [6.45, 7) is 10.1. The van der Waals surface area contributed by atoms with Crippen LogP contribution in [0.15, 0.2) is 28.9 Å². The smallest absolute Gasteiger partial charge is 0.0855 e. The molecule has 0 aliphatic heterocycles. The summed E-state index contributed by atoms with van der Waals surface area (Å²) >= 11 is 0. The SMILES string of the molecule is C=C(CC1CC=C(C)CC1)N=CN.CC. The number of nitrogens with two attached hydrogens (primary N) is 1. The maximum Gasteiger partial charge on any atom is 0.0855 e. The molecule has 1 aliphatic rings. The van der Waals surface area contributed by atoms with Crippen LogP contribution in [0.1, 0.15) is 46.5 Å². The lowest BCUT2D eigenvalue weighted by Crippen LogP contribution is -2.05. The van der Waals surface area contributed by atoms with Crippen LogP contribution in [0.2, 0.25) is 0 Å². The van der Waals surface area contributed by atoms with Crippen molar-refractivity contribution in [2.75, 3.05) is 0 Å². The van der Waals surface area contributed by atoms with Gasteiger partial charge in [-0.15, -0.1) is 0 Å². The molecule has 1 aliphatic carbocycles. The molecule has 2 heteroatoms. The number of nitrogens with zero attached hydrogens (tertiary/aromatic N) is 1. The first-order valence-electron chi connectivity index (χ1n) is 5.80. The lowest BCUT2D eigenvalue weighted by Gasteiger charge is -2.19. The molecule has 0 aromatic rings. The molecule has 0 saturated heterocycles. The van der Waals surface area contributed by atoms with Gasteiger partial charge in [-0.2, -0.15) is 0 Å². The third-order valence-electron chi connectivity index (χ3n) is 2.53. The predicted molar refractivity (Wildman–Crippen MR) is 68.9 cm³/mol. The summed E-state index contributed by atoms with van der Waals surface area (Å²) in [6.07, 6.45) is 8.30. The lowest BCUT2D eigenvalue weighted by molar-refractivity contribution is 0.465. The summed E-state index contributed by atoms with van der Waals surface area (Å²) in [5.74, 6) is 0.722. The van der Waals surface area contributed by atoms with Crippen molar-refractivity contribution in [1.82, 2.24) is 0 Å². The Hall–Kier alpha value is -1.05. The van der Waals surface area contributed by atoms with E-state index in [1.54, 1.807) is 0 Å². The minimum absolute atomic E-state index is 0.722. The molecular weight excluding hydrogens is 184 g/mol. The van der Waals surface area contributed by atoms with Crippen LogP contribution >= 0.6 is 0 Å². The Kier molecular flexibility index (Phi) is 7.69. The largest absolute Gasteiger partial charge is 0.390 e. The molecule has 1 unspecified atom stereocenters. The van der Waals surface area contributed by atoms with Crippen LogP contribution in [0.4, 0.5) is 0 Å². The molecule has 0 bridgehead atoms. The highest BCUT2D eigenvalue weighted by Crippen LogP contribution is 2.27. The van der Waals surface area contributed by atoms with Crippen LogP contribution in [0, 0.1) is 5.92 Å². The van der Waals surface area contributed by atoms with Gasteiger partial charge in [-0.1, -0.05) is 32.1 Å². The molecule has 0 aromatic carbocycles. The van der Waals surface area contributed by atoms with Gasteiger partial charge in [0, 0.05) is 5.70 Å². The first-order chi connectivity index (χ1) is 7.22. The van der Waals surface area contributed by atoms with Crippen LogP contribution in [-0.2, 0) is 0 Å². The van der Waals surface area contributed by atoms with Crippen molar-refractivity contribution < 1.29 is 0 Å². The predicted octanol–water partition coefficient (Wildman–Crippen LogP) is 3.65. The minimum Gasteiger partial charge on any atom is -0.390 e. The summed E-state index contributed by atoms with van der Waals surface area (Å²) in [5, 5.41) is 0. The number of aliphatic imine (C=N–C) groups is 1. The van der Waals surface area contributed by atoms with E-state index >= 15 is 0 Å². The molecule has 0 heterocycles. The standard InChI is InChI=1S/C11H18N2.C2H6/c1-9-3-5-11(6-4-9)7-10(2)13-8-12;1-2/h3,8,11H,2,4-7H2,1H3,(H2,12,13);1-2H3. The van der Waals surface area contributed by atoms with Crippen molar-refractivity contribution in [2.45, 2.75) is 46.5 Å². The Morgan fingerprint density at radius 2 is 2.33 bits per heavy atom. The van der Waals surface area contributed by atoms with Crippen LogP contribution in [0.5, 0.6) is 0 Å². The molecule has 1 rings (SSSR count). The Morgan fingerprint density at radius 1 is 1.67 bits per heavy atom. The van der Waals surface area contributed by atoms with E-state index in [2.05, 4.69) is 24.6 Å². The van der Waals surface area contributed by atoms with Gasteiger partial charge >= 0.3 is 0 Å². The molecule has 2 nitrogen and oxygen atoms in total. The molecule has 0 aromatic heterocycles. The zero-order valence-electron chi connectivity index (χ0n) is 10.3. The Labute approximate surface area is 94.0 Å². The van der Waals surface area contributed by atoms with E-state index in [-0.39, 0.29) is 0 Å². The average molecular weight is 208 g/mol. The van der Waals surface area contributed by atoms with E-state index in [4.69, 9.17) is 5.73 Å². The Bertz CT molecular complexity index is 239. The topological polar surface area (TPSA) is 38.4 Å². The number of rotatable bonds is 3. The van der Waals surface area contributed by atoms with Gasteiger partial charge in [-0.05, 0) is 38.5 Å². The van der Waals surface area contributed by atoms with Crippen molar-refractivity contribution in [1.29, 1.82) is 0 Å². The van der Waals surface area contributed by atoms with Gasteiger partial charge in [-0.3, -0.25) is 0 Å². The molecule has 0 amide bonds. The lowest BCUT2D eigenvalue weighted by atomic mass is 9.87. The normalized spacial score (nSPS) is 20.5. The Morgan fingerprint density at radius 3 is 2.80 bits per heavy atom. The summed E-state index contributed by atoms with van der Waals surface area (Å²) < 4.78 is 0. The summed E-state index contributed by atoms with van der Waals surface area (Å²) in [5.41, 5.74) is 7.61. The van der Waals surface area contributed by atoms with Crippen molar-refractivity contribution in [3.8, 4) is 0 Å². The fraction of sp³-hybridized carbons (Fsp3) is 0.615. The van der Waals surface area contributed by atoms with Crippen molar-refractivity contribution in [3.63, 3.8) is 0 Å². The third kappa shape index (κ3) is 6.10. The molecule has 0 fully saturated rings. The molecule has 0 saturated carbocycles. The van der Waals surface area contributed by atoms with Gasteiger partial charge in [0.2, 0.25) is 0 Å². The van der Waals surface area contributed by atoms with E-state index in [0.717, 1.165) is 18.0 Å². The second-order valence-electron chi connectivity index (χ2n) is 3.74. The van der Waals surface area contributed by atoms with Gasteiger partial charge in [0.1, 0.15) is 0 Å². The molecule has 2 N–H and O–H groups in total. The van der Waals surface area contributed by atoms with Crippen LogP contribution in [-0.4, -0.2) is 6.34 Å². The van der Waals surface area contributed by atoms with E-state index in [0.29, 0.717) is 0 Å². The van der Waals surface area contributed by atoms with Gasteiger partial charge in [0.25, 0.3) is 0 Å². The van der Waals surface area contributed by atoms with Gasteiger partial charge < -0.3 is 5.73 Å². The molecule has 15 heavy (non-hydrogen) atoms. The van der Waals surface area contributed by atoms with Crippen LogP contribution in [0.25, 0.3) is 0 Å². The molecular formula is C13H24N2. The zero-order valence-corrected chi connectivity index (χ0v) is 10.3. The van der Waals surface area contributed by atoms with Crippen LogP contribution in [0.3, 0.4) is 0 Å². The molecule has 0 spiro atoms. The average Bonchev–Trinajstić information content (AvgIpc) is 2.25. The van der Waals surface area contributed by atoms with E-state index in [9.17, 15) is 0 Å². The third-order valence-corrected chi connectivity index (χ3v) is 2.53. The fourth-order valence-electron chi connectivity index (χ4n) is 1.70. The zero-order chi connectivity index (χ0) is 11.7. The monoisotopic (exact) mass is 208 g/mol. The summed E-state index contributed by atoms with van der Waals surface area (Å²) in [4.78, 5) is 3.98. The Balaban J connectivity index is 0.000000921. The van der Waals surface area contributed by atoms with Gasteiger partial charge in [0.15, 0.2) is 0 Å². The van der Waals surface area contributed by atoms with Crippen molar-refractivity contribution in [3.05, 3.63) is 23.9 Å². The number of allylic oxidation sites excluding steroid dienone is 3. The maximum absolute atomic E-state index is 5.19. The highest BCUT2D eigenvalue weighted by Gasteiger charge is 2.12. The van der Waals surface area contributed by atoms with E-state index in [1.165, 1.54) is 31.2 Å².